The highest BCUT2D eigenvalue weighted by Gasteiger charge is 2.04. The summed E-state index contributed by atoms with van der Waals surface area (Å²) >= 11 is 1.81. The van der Waals surface area contributed by atoms with Crippen molar-refractivity contribution in [3.05, 3.63) is 12.7 Å². The number of aliphatic imine (C=N–C) groups is 1. The molecule has 0 radical (unpaired) electrons. The van der Waals surface area contributed by atoms with Crippen LogP contribution in [0.1, 0.15) is 13.8 Å². The maximum atomic E-state index is 11.5. The topological polar surface area (TPSA) is 56.7 Å². The number of guanidine groups is 1. The molecule has 0 rings (SSSR count). The van der Waals surface area contributed by atoms with E-state index >= 15 is 0 Å². The Morgan fingerprint density at radius 1 is 1.38 bits per heavy atom. The maximum Gasteiger partial charge on any atom is 0.243 e. The molecule has 0 aliphatic heterocycles. The van der Waals surface area contributed by atoms with E-state index in [1.54, 1.807) is 19.0 Å². The van der Waals surface area contributed by atoms with E-state index in [-0.39, 0.29) is 36.4 Å². The standard InChI is InChI=1S/C14H28N4OS.HI/c1-6-8-20-9-7-15-14(16-10-12(2)3)17-11-13(19)18(4)5;/h6,12H,1,7-11H2,2-5H3,(H2,15,16,17);1H. The van der Waals surface area contributed by atoms with Gasteiger partial charge in [0.2, 0.25) is 5.91 Å². The Labute approximate surface area is 150 Å². The van der Waals surface area contributed by atoms with Crippen LogP contribution < -0.4 is 10.6 Å². The Bertz CT molecular complexity index is 322. The zero-order valence-electron chi connectivity index (χ0n) is 13.5. The molecular weight excluding hydrogens is 399 g/mol. The van der Waals surface area contributed by atoms with Crippen molar-refractivity contribution >= 4 is 47.6 Å². The summed E-state index contributed by atoms with van der Waals surface area (Å²) in [7, 11) is 3.47. The van der Waals surface area contributed by atoms with Crippen LogP contribution in [0.4, 0.5) is 0 Å². The molecule has 7 heteroatoms. The third-order valence-electron chi connectivity index (χ3n) is 2.32. The molecule has 0 bridgehead atoms. The molecule has 0 aromatic carbocycles. The minimum absolute atomic E-state index is 0. The number of carbonyl (C=O) groups excluding carboxylic acids is 1. The van der Waals surface area contributed by atoms with Gasteiger partial charge in [-0.25, -0.2) is 4.99 Å². The van der Waals surface area contributed by atoms with Crippen LogP contribution in [0.25, 0.3) is 0 Å². The van der Waals surface area contributed by atoms with Gasteiger partial charge in [-0.1, -0.05) is 19.9 Å². The number of likely N-dealkylation sites (N-methyl/N-ethyl adjacent to an activating group) is 1. The van der Waals surface area contributed by atoms with Gasteiger partial charge < -0.3 is 15.5 Å². The predicted octanol–water partition coefficient (Wildman–Crippen LogP) is 1.80. The van der Waals surface area contributed by atoms with Gasteiger partial charge in [-0.3, -0.25) is 4.79 Å². The molecule has 0 atom stereocenters. The Morgan fingerprint density at radius 3 is 2.57 bits per heavy atom. The number of carbonyl (C=O) groups is 1. The smallest absolute Gasteiger partial charge is 0.243 e. The van der Waals surface area contributed by atoms with Crippen LogP contribution in [0.2, 0.25) is 0 Å². The Hall–Kier alpha value is -0.440. The van der Waals surface area contributed by atoms with Crippen LogP contribution in [-0.4, -0.2) is 62.0 Å². The second kappa shape index (κ2) is 14.5. The molecule has 0 heterocycles. The minimum Gasteiger partial charge on any atom is -0.356 e. The number of hydrogen-bond acceptors (Lipinski definition) is 3. The van der Waals surface area contributed by atoms with E-state index in [0.29, 0.717) is 11.9 Å². The van der Waals surface area contributed by atoms with Crippen molar-refractivity contribution in [2.45, 2.75) is 13.8 Å². The molecule has 124 valence electrons. The number of amides is 1. The summed E-state index contributed by atoms with van der Waals surface area (Å²) in [5, 5.41) is 6.48. The Kier molecular flexibility index (Phi) is 15.8. The van der Waals surface area contributed by atoms with E-state index in [1.807, 2.05) is 17.8 Å². The number of rotatable bonds is 9. The monoisotopic (exact) mass is 428 g/mol. The molecule has 0 aromatic rings. The fourth-order valence-corrected chi connectivity index (χ4v) is 1.75. The van der Waals surface area contributed by atoms with Crippen LogP contribution in [0, 0.1) is 5.92 Å². The third kappa shape index (κ3) is 14.3. The highest BCUT2D eigenvalue weighted by atomic mass is 127. The van der Waals surface area contributed by atoms with Gasteiger partial charge in [0.1, 0.15) is 6.54 Å². The van der Waals surface area contributed by atoms with Gasteiger partial charge in [-0.15, -0.1) is 30.6 Å². The van der Waals surface area contributed by atoms with Gasteiger partial charge in [0.25, 0.3) is 0 Å². The SMILES string of the molecule is C=CCSCCNC(=NCC(=O)N(C)C)NCC(C)C.I. The average molecular weight is 428 g/mol. The first-order valence-corrected chi connectivity index (χ1v) is 8.03. The Balaban J connectivity index is 0. The van der Waals surface area contributed by atoms with E-state index in [9.17, 15) is 4.79 Å². The average Bonchev–Trinajstić information content (AvgIpc) is 2.39. The molecular formula is C14H29IN4OS. The van der Waals surface area contributed by atoms with Gasteiger partial charge in [0, 0.05) is 38.7 Å². The van der Waals surface area contributed by atoms with Crippen LogP contribution in [0.3, 0.4) is 0 Å². The summed E-state index contributed by atoms with van der Waals surface area (Å²) in [5.41, 5.74) is 0. The summed E-state index contributed by atoms with van der Waals surface area (Å²) < 4.78 is 0. The first-order chi connectivity index (χ1) is 9.47. The second-order valence-corrected chi connectivity index (χ2v) is 6.17. The largest absolute Gasteiger partial charge is 0.356 e. The molecule has 2 N–H and O–H groups in total. The summed E-state index contributed by atoms with van der Waals surface area (Å²) in [6, 6.07) is 0. The maximum absolute atomic E-state index is 11.5. The van der Waals surface area contributed by atoms with Crippen molar-refractivity contribution in [1.29, 1.82) is 0 Å². The van der Waals surface area contributed by atoms with E-state index in [0.717, 1.165) is 24.6 Å². The van der Waals surface area contributed by atoms with Crippen LogP contribution in [-0.2, 0) is 4.79 Å². The van der Waals surface area contributed by atoms with Crippen LogP contribution in [0.15, 0.2) is 17.6 Å². The van der Waals surface area contributed by atoms with Gasteiger partial charge in [0.15, 0.2) is 5.96 Å². The van der Waals surface area contributed by atoms with E-state index in [1.165, 1.54) is 0 Å². The first kappa shape index (κ1) is 22.8. The lowest BCUT2D eigenvalue weighted by molar-refractivity contribution is -0.127. The van der Waals surface area contributed by atoms with Crippen molar-refractivity contribution in [3.63, 3.8) is 0 Å². The summed E-state index contributed by atoms with van der Waals surface area (Å²) in [4.78, 5) is 17.4. The summed E-state index contributed by atoms with van der Waals surface area (Å²) in [5.74, 6) is 3.16. The molecule has 0 saturated heterocycles. The molecule has 0 spiro atoms. The summed E-state index contributed by atoms with van der Waals surface area (Å²) in [6.45, 7) is 9.78. The van der Waals surface area contributed by atoms with Crippen molar-refractivity contribution in [2.24, 2.45) is 10.9 Å². The van der Waals surface area contributed by atoms with Crippen molar-refractivity contribution < 1.29 is 4.79 Å². The highest BCUT2D eigenvalue weighted by Crippen LogP contribution is 1.97. The quantitative estimate of drug-likeness (QED) is 0.193. The van der Waals surface area contributed by atoms with Gasteiger partial charge >= 0.3 is 0 Å². The zero-order chi connectivity index (χ0) is 15.4. The molecule has 5 nitrogen and oxygen atoms in total. The lowest BCUT2D eigenvalue weighted by atomic mass is 10.2. The molecule has 0 saturated carbocycles. The number of halogens is 1. The summed E-state index contributed by atoms with van der Waals surface area (Å²) in [6.07, 6.45) is 1.90. The van der Waals surface area contributed by atoms with Gasteiger partial charge in [0.05, 0.1) is 0 Å². The normalized spacial score (nSPS) is 10.8. The van der Waals surface area contributed by atoms with Gasteiger partial charge in [-0.05, 0) is 5.92 Å². The molecule has 0 fully saturated rings. The molecule has 21 heavy (non-hydrogen) atoms. The molecule has 0 unspecified atom stereocenters. The highest BCUT2D eigenvalue weighted by molar-refractivity contribution is 14.0. The fraction of sp³-hybridized carbons (Fsp3) is 0.714. The predicted molar refractivity (Wildman–Crippen MR) is 105 cm³/mol. The van der Waals surface area contributed by atoms with E-state index in [4.69, 9.17) is 0 Å². The third-order valence-corrected chi connectivity index (χ3v) is 3.29. The minimum atomic E-state index is -0.00307. The molecule has 0 aliphatic carbocycles. The number of thioether (sulfide) groups is 1. The first-order valence-electron chi connectivity index (χ1n) is 6.88. The van der Waals surface area contributed by atoms with Crippen LogP contribution in [0.5, 0.6) is 0 Å². The number of nitrogens with one attached hydrogen (secondary N) is 2. The van der Waals surface area contributed by atoms with Crippen molar-refractivity contribution in [1.82, 2.24) is 15.5 Å². The van der Waals surface area contributed by atoms with Crippen molar-refractivity contribution in [2.75, 3.05) is 45.2 Å². The lowest BCUT2D eigenvalue weighted by Crippen LogP contribution is -2.41. The van der Waals surface area contributed by atoms with Crippen LogP contribution >= 0.6 is 35.7 Å². The molecule has 1 amide bonds. The zero-order valence-corrected chi connectivity index (χ0v) is 16.7. The van der Waals surface area contributed by atoms with Crippen molar-refractivity contribution in [3.8, 4) is 0 Å². The lowest BCUT2D eigenvalue weighted by Gasteiger charge is -2.14. The fourth-order valence-electron chi connectivity index (χ4n) is 1.17. The molecule has 0 aromatic heterocycles. The van der Waals surface area contributed by atoms with Gasteiger partial charge in [-0.2, -0.15) is 11.8 Å². The van der Waals surface area contributed by atoms with E-state index < -0.39 is 0 Å². The molecule has 0 aliphatic rings. The van der Waals surface area contributed by atoms with E-state index in [2.05, 4.69) is 36.1 Å². The Morgan fingerprint density at radius 2 is 2.05 bits per heavy atom. The number of hydrogen-bond donors (Lipinski definition) is 2. The number of nitrogens with zero attached hydrogens (tertiary/aromatic N) is 2. The second-order valence-electron chi connectivity index (χ2n) is 5.02.